The molecule has 21 heavy (non-hydrogen) atoms. The van der Waals surface area contributed by atoms with Gasteiger partial charge >= 0.3 is 0 Å². The van der Waals surface area contributed by atoms with Crippen LogP contribution in [-0.4, -0.2) is 17.6 Å². The highest BCUT2D eigenvalue weighted by molar-refractivity contribution is 5.62. The number of nitrogens with zero attached hydrogens (tertiary/aromatic N) is 1. The smallest absolute Gasteiger partial charge is 0.292 e. The van der Waals surface area contributed by atoms with Crippen LogP contribution in [0.1, 0.15) is 51.0 Å². The summed E-state index contributed by atoms with van der Waals surface area (Å²) in [6.45, 7) is 3.23. The lowest BCUT2D eigenvalue weighted by atomic mass is 9.98. The second kappa shape index (κ2) is 7.98. The average molecular weight is 292 g/mol. The third-order valence-corrected chi connectivity index (χ3v) is 3.86. The molecule has 0 heterocycles. The fraction of sp³-hybridized carbons (Fsp3) is 0.625. The maximum atomic E-state index is 11.2. The highest BCUT2D eigenvalue weighted by Crippen LogP contribution is 2.27. The van der Waals surface area contributed by atoms with Crippen molar-refractivity contribution in [1.29, 1.82) is 0 Å². The number of benzene rings is 1. The molecule has 1 aromatic rings. The van der Waals surface area contributed by atoms with E-state index in [9.17, 15) is 10.1 Å². The Hall–Kier alpha value is -1.62. The molecule has 2 rings (SSSR count). The first-order valence-corrected chi connectivity index (χ1v) is 7.83. The monoisotopic (exact) mass is 292 g/mol. The van der Waals surface area contributed by atoms with Crippen molar-refractivity contribution in [3.8, 4) is 0 Å². The summed E-state index contributed by atoms with van der Waals surface area (Å²) < 4.78 is 5.88. The maximum absolute atomic E-state index is 11.2. The van der Waals surface area contributed by atoms with Crippen molar-refractivity contribution in [2.24, 2.45) is 0 Å². The Labute approximate surface area is 125 Å². The van der Waals surface area contributed by atoms with Crippen molar-refractivity contribution in [3.05, 3.63) is 33.9 Å². The summed E-state index contributed by atoms with van der Waals surface area (Å²) in [6, 6.07) is 5.32. The molecule has 116 valence electrons. The first kappa shape index (κ1) is 15.8. The van der Waals surface area contributed by atoms with Crippen LogP contribution in [0.3, 0.4) is 0 Å². The van der Waals surface area contributed by atoms with Crippen molar-refractivity contribution >= 4 is 11.4 Å². The van der Waals surface area contributed by atoms with Crippen LogP contribution in [-0.2, 0) is 11.3 Å². The second-order valence-electron chi connectivity index (χ2n) is 5.61. The molecule has 0 amide bonds. The van der Waals surface area contributed by atoms with Crippen LogP contribution >= 0.6 is 0 Å². The lowest BCUT2D eigenvalue weighted by molar-refractivity contribution is -0.384. The predicted molar refractivity (Wildman–Crippen MR) is 83.5 cm³/mol. The zero-order valence-electron chi connectivity index (χ0n) is 12.6. The molecule has 0 radical (unpaired) electrons. The number of rotatable bonds is 7. The van der Waals surface area contributed by atoms with Crippen molar-refractivity contribution in [2.45, 2.75) is 58.2 Å². The standard InChI is InChI=1S/C16H24N2O3/c1-2-10-17-15-9-8-13(11-16(15)18(19)20)12-21-14-6-4-3-5-7-14/h8-9,11,14,17H,2-7,10,12H2,1H3. The van der Waals surface area contributed by atoms with Gasteiger partial charge in [0.2, 0.25) is 0 Å². The highest BCUT2D eigenvalue weighted by atomic mass is 16.6. The minimum atomic E-state index is -0.331. The molecule has 1 aliphatic rings. The van der Waals surface area contributed by atoms with Crippen molar-refractivity contribution < 1.29 is 9.66 Å². The second-order valence-corrected chi connectivity index (χ2v) is 5.61. The van der Waals surface area contributed by atoms with Crippen LogP contribution < -0.4 is 5.32 Å². The van der Waals surface area contributed by atoms with Gasteiger partial charge in [0.1, 0.15) is 5.69 Å². The van der Waals surface area contributed by atoms with Crippen LogP contribution in [0.25, 0.3) is 0 Å². The minimum Gasteiger partial charge on any atom is -0.380 e. The molecule has 1 N–H and O–H groups in total. The third kappa shape index (κ3) is 4.70. The van der Waals surface area contributed by atoms with Crippen LogP contribution in [0, 0.1) is 10.1 Å². The SMILES string of the molecule is CCCNc1ccc(COC2CCCCC2)cc1[N+](=O)[O-]. The maximum Gasteiger partial charge on any atom is 0.292 e. The Balaban J connectivity index is 1.99. The average Bonchev–Trinajstić information content (AvgIpc) is 2.52. The van der Waals surface area contributed by atoms with E-state index in [4.69, 9.17) is 4.74 Å². The van der Waals surface area contributed by atoms with Gasteiger partial charge in [-0.15, -0.1) is 0 Å². The molecule has 1 aliphatic carbocycles. The number of hydrogen-bond acceptors (Lipinski definition) is 4. The molecule has 0 atom stereocenters. The van der Waals surface area contributed by atoms with Gasteiger partial charge in [0.25, 0.3) is 5.69 Å². The fourth-order valence-corrected chi connectivity index (χ4v) is 2.67. The van der Waals surface area contributed by atoms with E-state index in [1.165, 1.54) is 19.3 Å². The van der Waals surface area contributed by atoms with Gasteiger partial charge in [0.05, 0.1) is 17.6 Å². The van der Waals surface area contributed by atoms with Crippen molar-refractivity contribution in [2.75, 3.05) is 11.9 Å². The van der Waals surface area contributed by atoms with Gasteiger partial charge < -0.3 is 10.1 Å². The Morgan fingerprint density at radius 1 is 1.33 bits per heavy atom. The van der Waals surface area contributed by atoms with E-state index < -0.39 is 0 Å². The first-order valence-electron chi connectivity index (χ1n) is 7.83. The van der Waals surface area contributed by atoms with E-state index in [0.29, 0.717) is 18.4 Å². The molecular weight excluding hydrogens is 268 g/mol. The lowest BCUT2D eigenvalue weighted by Crippen LogP contribution is -2.16. The summed E-state index contributed by atoms with van der Waals surface area (Å²) in [7, 11) is 0. The molecule has 0 spiro atoms. The van der Waals surface area contributed by atoms with Gasteiger partial charge in [-0.25, -0.2) is 0 Å². The van der Waals surface area contributed by atoms with Gasteiger partial charge in [-0.1, -0.05) is 32.3 Å². The number of nitro benzene ring substituents is 1. The summed E-state index contributed by atoms with van der Waals surface area (Å²) in [4.78, 5) is 10.8. The summed E-state index contributed by atoms with van der Waals surface area (Å²) >= 11 is 0. The normalized spacial score (nSPS) is 15.9. The molecule has 1 fully saturated rings. The van der Waals surface area contributed by atoms with Gasteiger partial charge in [-0.05, 0) is 30.9 Å². The quantitative estimate of drug-likeness (QED) is 0.602. The minimum absolute atomic E-state index is 0.133. The van der Waals surface area contributed by atoms with E-state index in [1.54, 1.807) is 12.1 Å². The summed E-state index contributed by atoms with van der Waals surface area (Å²) in [5.74, 6) is 0. The fourth-order valence-electron chi connectivity index (χ4n) is 2.67. The first-order chi connectivity index (χ1) is 10.2. The van der Waals surface area contributed by atoms with Crippen LogP contribution in [0.2, 0.25) is 0 Å². The zero-order chi connectivity index (χ0) is 15.1. The Bertz CT molecular complexity index is 471. The van der Waals surface area contributed by atoms with E-state index >= 15 is 0 Å². The zero-order valence-corrected chi connectivity index (χ0v) is 12.6. The Kier molecular flexibility index (Phi) is 5.99. The van der Waals surface area contributed by atoms with E-state index in [1.807, 2.05) is 13.0 Å². The molecule has 1 aromatic carbocycles. The molecule has 0 bridgehead atoms. The molecule has 5 nitrogen and oxygen atoms in total. The van der Waals surface area contributed by atoms with Crippen LogP contribution in [0.4, 0.5) is 11.4 Å². The molecular formula is C16H24N2O3. The number of nitro groups is 1. The largest absolute Gasteiger partial charge is 0.380 e. The Morgan fingerprint density at radius 2 is 2.10 bits per heavy atom. The highest BCUT2D eigenvalue weighted by Gasteiger charge is 2.16. The third-order valence-electron chi connectivity index (χ3n) is 3.86. The van der Waals surface area contributed by atoms with E-state index in [0.717, 1.165) is 31.4 Å². The Morgan fingerprint density at radius 3 is 2.76 bits per heavy atom. The number of hydrogen-bond donors (Lipinski definition) is 1. The predicted octanol–water partition coefficient (Wildman–Crippen LogP) is 4.27. The molecule has 0 unspecified atom stereocenters. The topological polar surface area (TPSA) is 64.4 Å². The van der Waals surface area contributed by atoms with Gasteiger partial charge in [-0.2, -0.15) is 0 Å². The number of nitrogens with one attached hydrogen (secondary N) is 1. The molecule has 0 aromatic heterocycles. The summed E-state index contributed by atoms with van der Waals surface area (Å²) in [5, 5.41) is 14.3. The summed E-state index contributed by atoms with van der Waals surface area (Å²) in [5.41, 5.74) is 1.59. The van der Waals surface area contributed by atoms with E-state index in [2.05, 4.69) is 5.32 Å². The van der Waals surface area contributed by atoms with Crippen molar-refractivity contribution in [1.82, 2.24) is 0 Å². The van der Waals surface area contributed by atoms with Gasteiger partial charge in [-0.3, -0.25) is 10.1 Å². The number of anilines is 1. The van der Waals surface area contributed by atoms with Crippen LogP contribution in [0.15, 0.2) is 18.2 Å². The molecule has 0 aliphatic heterocycles. The number of ether oxygens (including phenoxy) is 1. The lowest BCUT2D eigenvalue weighted by Gasteiger charge is -2.22. The van der Waals surface area contributed by atoms with Crippen molar-refractivity contribution in [3.63, 3.8) is 0 Å². The van der Waals surface area contributed by atoms with E-state index in [-0.39, 0.29) is 10.6 Å². The van der Waals surface area contributed by atoms with Crippen LogP contribution in [0.5, 0.6) is 0 Å². The summed E-state index contributed by atoms with van der Waals surface area (Å²) in [6.07, 6.45) is 7.22. The molecule has 5 heteroatoms. The molecule has 0 saturated heterocycles. The molecule has 1 saturated carbocycles. The van der Waals surface area contributed by atoms with Gasteiger partial charge in [0, 0.05) is 12.6 Å². The van der Waals surface area contributed by atoms with Gasteiger partial charge in [0.15, 0.2) is 0 Å².